The lowest BCUT2D eigenvalue weighted by atomic mass is 10.1. The molecule has 2 amide bonds. The fraction of sp³-hybridized carbons (Fsp3) is 0.238. The monoisotopic (exact) mass is 426 g/mol. The number of aromatic nitrogens is 2. The first-order chi connectivity index (χ1) is 14.4. The van der Waals surface area contributed by atoms with Gasteiger partial charge in [-0.3, -0.25) is 19.0 Å². The number of aromatic amines is 1. The van der Waals surface area contributed by atoms with Gasteiger partial charge in [-0.05, 0) is 55.0 Å². The second kappa shape index (κ2) is 9.47. The minimum atomic E-state index is -0.347. The molecule has 0 saturated heterocycles. The summed E-state index contributed by atoms with van der Waals surface area (Å²) in [7, 11) is 1.60. The average Bonchev–Trinajstić information content (AvgIpc) is 2.70. The summed E-state index contributed by atoms with van der Waals surface area (Å²) >= 11 is 5.31. The highest BCUT2D eigenvalue weighted by molar-refractivity contribution is 7.71. The molecule has 3 N–H and O–H groups in total. The second-order valence-electron chi connectivity index (χ2n) is 6.71. The molecule has 0 aliphatic carbocycles. The topological polar surface area (TPSA) is 105 Å². The molecule has 0 aliphatic rings. The van der Waals surface area contributed by atoms with Gasteiger partial charge in [0.05, 0.1) is 10.9 Å². The molecule has 0 atom stereocenters. The summed E-state index contributed by atoms with van der Waals surface area (Å²) in [4.78, 5) is 39.6. The lowest BCUT2D eigenvalue weighted by Crippen LogP contribution is -2.23. The third-order valence-electron chi connectivity index (χ3n) is 4.42. The molecule has 30 heavy (non-hydrogen) atoms. The Balaban J connectivity index is 1.85. The van der Waals surface area contributed by atoms with Gasteiger partial charge in [-0.2, -0.15) is 0 Å². The number of hydrogen-bond donors (Lipinski definition) is 3. The molecule has 0 aliphatic heterocycles. The van der Waals surface area contributed by atoms with Gasteiger partial charge in [0.15, 0.2) is 4.77 Å². The standard InChI is InChI=1S/C21H22N4O4S/c1-13(26)22-15-5-3-6-16(12-15)23-19(27)14-7-8-17-18(11-14)24-21(30)25(20(17)28)9-4-10-29-2/h3,5-8,11-12H,4,9-10H2,1-2H3,(H,22,26)(H,23,27)(H,24,30). The first-order valence-corrected chi connectivity index (χ1v) is 9.74. The van der Waals surface area contributed by atoms with Gasteiger partial charge in [0.2, 0.25) is 5.91 Å². The first kappa shape index (κ1) is 21.4. The van der Waals surface area contributed by atoms with E-state index in [9.17, 15) is 14.4 Å². The van der Waals surface area contributed by atoms with Gasteiger partial charge in [-0.15, -0.1) is 0 Å². The van der Waals surface area contributed by atoms with E-state index >= 15 is 0 Å². The summed E-state index contributed by atoms with van der Waals surface area (Å²) in [5, 5.41) is 5.90. The molecule has 0 saturated carbocycles. The summed E-state index contributed by atoms with van der Waals surface area (Å²) in [6.07, 6.45) is 0.664. The number of carbonyl (C=O) groups is 2. The van der Waals surface area contributed by atoms with Crippen molar-refractivity contribution in [1.82, 2.24) is 9.55 Å². The summed E-state index contributed by atoms with van der Waals surface area (Å²) in [5.74, 6) is -0.545. The van der Waals surface area contributed by atoms with Gasteiger partial charge in [-0.25, -0.2) is 0 Å². The predicted octanol–water partition coefficient (Wildman–Crippen LogP) is 3.31. The third-order valence-corrected chi connectivity index (χ3v) is 4.74. The molecule has 0 unspecified atom stereocenters. The number of benzene rings is 2. The van der Waals surface area contributed by atoms with Crippen LogP contribution in [0, 0.1) is 4.77 Å². The van der Waals surface area contributed by atoms with Gasteiger partial charge in [-0.1, -0.05) is 6.07 Å². The van der Waals surface area contributed by atoms with Gasteiger partial charge < -0.3 is 20.4 Å². The molecule has 0 bridgehead atoms. The van der Waals surface area contributed by atoms with E-state index in [2.05, 4.69) is 15.6 Å². The molecule has 8 nitrogen and oxygen atoms in total. The predicted molar refractivity (Wildman–Crippen MR) is 119 cm³/mol. The minimum Gasteiger partial charge on any atom is -0.385 e. The number of carbonyl (C=O) groups excluding carboxylic acids is 2. The summed E-state index contributed by atoms with van der Waals surface area (Å²) in [6.45, 7) is 2.39. The van der Waals surface area contributed by atoms with E-state index in [-0.39, 0.29) is 17.4 Å². The number of rotatable bonds is 7. The maximum absolute atomic E-state index is 12.7. The number of H-pyrrole nitrogens is 1. The maximum Gasteiger partial charge on any atom is 0.262 e. The van der Waals surface area contributed by atoms with Crippen LogP contribution in [0.4, 0.5) is 11.4 Å². The van der Waals surface area contributed by atoms with E-state index in [4.69, 9.17) is 17.0 Å². The molecule has 0 spiro atoms. The van der Waals surface area contributed by atoms with Crippen molar-refractivity contribution < 1.29 is 14.3 Å². The Labute approximate surface area is 177 Å². The molecule has 3 rings (SSSR count). The molecule has 1 aromatic heterocycles. The lowest BCUT2D eigenvalue weighted by molar-refractivity contribution is -0.114. The highest BCUT2D eigenvalue weighted by Crippen LogP contribution is 2.17. The number of anilines is 2. The zero-order chi connectivity index (χ0) is 21.7. The van der Waals surface area contributed by atoms with Crippen LogP contribution in [0.1, 0.15) is 23.7 Å². The number of methoxy groups -OCH3 is 1. The van der Waals surface area contributed by atoms with Gasteiger partial charge in [0.25, 0.3) is 11.5 Å². The Morgan fingerprint density at radius 2 is 1.87 bits per heavy atom. The smallest absolute Gasteiger partial charge is 0.262 e. The highest BCUT2D eigenvalue weighted by Gasteiger charge is 2.11. The number of hydrogen-bond acceptors (Lipinski definition) is 5. The number of fused-ring (bicyclic) bond motifs is 1. The number of amides is 2. The van der Waals surface area contributed by atoms with Crippen LogP contribution in [-0.2, 0) is 16.1 Å². The Bertz CT molecular complexity index is 1220. The van der Waals surface area contributed by atoms with E-state index < -0.39 is 0 Å². The number of nitrogens with zero attached hydrogens (tertiary/aromatic N) is 1. The quantitative estimate of drug-likeness (QED) is 0.397. The van der Waals surface area contributed by atoms with Crippen LogP contribution in [0.5, 0.6) is 0 Å². The Morgan fingerprint density at radius 1 is 1.13 bits per heavy atom. The van der Waals surface area contributed by atoms with Crippen molar-refractivity contribution in [2.45, 2.75) is 19.9 Å². The number of ether oxygens (including phenoxy) is 1. The van der Waals surface area contributed by atoms with Crippen LogP contribution in [-0.4, -0.2) is 35.1 Å². The van der Waals surface area contributed by atoms with Crippen LogP contribution < -0.4 is 16.2 Å². The van der Waals surface area contributed by atoms with Gasteiger partial charge >= 0.3 is 0 Å². The molecule has 156 valence electrons. The fourth-order valence-corrected chi connectivity index (χ4v) is 3.33. The molecule has 0 radical (unpaired) electrons. The zero-order valence-corrected chi connectivity index (χ0v) is 17.5. The van der Waals surface area contributed by atoms with Crippen LogP contribution in [0.3, 0.4) is 0 Å². The van der Waals surface area contributed by atoms with E-state index in [1.807, 2.05) is 0 Å². The summed E-state index contributed by atoms with van der Waals surface area (Å²) in [5.41, 5.74) is 1.77. The largest absolute Gasteiger partial charge is 0.385 e. The van der Waals surface area contributed by atoms with E-state index in [0.717, 1.165) is 0 Å². The molecule has 1 heterocycles. The highest BCUT2D eigenvalue weighted by atomic mass is 32.1. The molecule has 2 aromatic carbocycles. The van der Waals surface area contributed by atoms with Crippen LogP contribution in [0.25, 0.3) is 10.9 Å². The van der Waals surface area contributed by atoms with Crippen LogP contribution in [0.15, 0.2) is 47.3 Å². The van der Waals surface area contributed by atoms with Gasteiger partial charge in [0, 0.05) is 44.1 Å². The van der Waals surface area contributed by atoms with Crippen molar-refractivity contribution in [3.8, 4) is 0 Å². The molecule has 3 aromatic rings. The van der Waals surface area contributed by atoms with Crippen molar-refractivity contribution in [2.24, 2.45) is 0 Å². The Kier molecular flexibility index (Phi) is 6.76. The van der Waals surface area contributed by atoms with Crippen molar-refractivity contribution in [2.75, 3.05) is 24.4 Å². The van der Waals surface area contributed by atoms with Gasteiger partial charge in [0.1, 0.15) is 0 Å². The van der Waals surface area contributed by atoms with Crippen molar-refractivity contribution in [3.05, 3.63) is 63.2 Å². The SMILES string of the molecule is COCCCn1c(=S)[nH]c2cc(C(=O)Nc3cccc(NC(C)=O)c3)ccc2c1=O. The zero-order valence-electron chi connectivity index (χ0n) is 16.7. The number of nitrogens with one attached hydrogen (secondary N) is 3. The average molecular weight is 426 g/mol. The van der Waals surface area contributed by atoms with E-state index in [0.29, 0.717) is 52.2 Å². The lowest BCUT2D eigenvalue weighted by Gasteiger charge is -2.10. The molecular formula is C21H22N4O4S. The molecule has 9 heteroatoms. The van der Waals surface area contributed by atoms with E-state index in [1.165, 1.54) is 11.5 Å². The summed E-state index contributed by atoms with van der Waals surface area (Å²) in [6, 6.07) is 11.6. The van der Waals surface area contributed by atoms with Crippen molar-refractivity contribution in [3.63, 3.8) is 0 Å². The van der Waals surface area contributed by atoms with Crippen LogP contribution >= 0.6 is 12.2 Å². The second-order valence-corrected chi connectivity index (χ2v) is 7.10. The third kappa shape index (κ3) is 5.00. The van der Waals surface area contributed by atoms with E-state index in [1.54, 1.807) is 49.6 Å². The maximum atomic E-state index is 12.7. The van der Waals surface area contributed by atoms with Crippen LogP contribution in [0.2, 0.25) is 0 Å². The normalized spacial score (nSPS) is 10.7. The molecular weight excluding hydrogens is 404 g/mol. The fourth-order valence-electron chi connectivity index (χ4n) is 3.05. The summed E-state index contributed by atoms with van der Waals surface area (Å²) < 4.78 is 6.81. The first-order valence-electron chi connectivity index (χ1n) is 9.34. The van der Waals surface area contributed by atoms with Crippen molar-refractivity contribution >= 4 is 46.3 Å². The minimum absolute atomic E-state index is 0.198. The molecule has 0 fully saturated rings. The Hall–Kier alpha value is -3.30. The van der Waals surface area contributed by atoms with Crippen molar-refractivity contribution in [1.29, 1.82) is 0 Å². The Morgan fingerprint density at radius 3 is 2.57 bits per heavy atom.